The molecule has 0 saturated heterocycles. The molecule has 0 N–H and O–H groups in total. The molecule has 1 heterocycles. The van der Waals surface area contributed by atoms with Crippen LogP contribution in [0.2, 0.25) is 0 Å². The number of carbonyl (C=O) groups excluding carboxylic acids is 1. The van der Waals surface area contributed by atoms with Crippen molar-refractivity contribution in [1.29, 1.82) is 0 Å². The van der Waals surface area contributed by atoms with Crippen LogP contribution in [0.3, 0.4) is 0 Å². The summed E-state index contributed by atoms with van der Waals surface area (Å²) in [4.78, 5) is 13.0. The number of anilines is 1. The van der Waals surface area contributed by atoms with Gasteiger partial charge < -0.3 is 4.74 Å². The molecule has 0 unspecified atom stereocenters. The highest BCUT2D eigenvalue weighted by Crippen LogP contribution is 2.13. The molecule has 15 heavy (non-hydrogen) atoms. The average molecular weight is 211 g/mol. The summed E-state index contributed by atoms with van der Waals surface area (Å²) in [6.45, 7) is 5.49. The monoisotopic (exact) mass is 211 g/mol. The van der Waals surface area contributed by atoms with E-state index in [2.05, 4.69) is 5.10 Å². The summed E-state index contributed by atoms with van der Waals surface area (Å²) in [6.07, 6.45) is 1.37. The maximum absolute atomic E-state index is 11.6. The van der Waals surface area contributed by atoms with Crippen molar-refractivity contribution >= 4 is 11.9 Å². The van der Waals surface area contributed by atoms with E-state index in [1.807, 2.05) is 20.8 Å². The number of nitrogens with zero attached hydrogens (tertiary/aromatic N) is 3. The molecule has 84 valence electrons. The molecule has 5 nitrogen and oxygen atoms in total. The van der Waals surface area contributed by atoms with E-state index in [0.29, 0.717) is 5.82 Å². The number of hydrogen-bond acceptors (Lipinski definition) is 3. The summed E-state index contributed by atoms with van der Waals surface area (Å²) in [5.41, 5.74) is -0.486. The van der Waals surface area contributed by atoms with Crippen LogP contribution in [0.4, 0.5) is 10.6 Å². The van der Waals surface area contributed by atoms with Gasteiger partial charge in [-0.25, -0.2) is 4.79 Å². The highest BCUT2D eigenvalue weighted by Gasteiger charge is 2.21. The number of ether oxygens (including phenoxy) is 1. The van der Waals surface area contributed by atoms with Gasteiger partial charge in [-0.3, -0.25) is 9.58 Å². The molecule has 0 bridgehead atoms. The van der Waals surface area contributed by atoms with Gasteiger partial charge in [0.2, 0.25) is 0 Å². The molecule has 0 atom stereocenters. The first-order chi connectivity index (χ1) is 6.79. The topological polar surface area (TPSA) is 47.4 Å². The summed E-state index contributed by atoms with van der Waals surface area (Å²) in [5.74, 6) is 0.576. The van der Waals surface area contributed by atoms with Crippen LogP contribution < -0.4 is 4.90 Å². The van der Waals surface area contributed by atoms with E-state index in [-0.39, 0.29) is 0 Å². The van der Waals surface area contributed by atoms with Crippen LogP contribution in [0.25, 0.3) is 0 Å². The molecule has 0 fully saturated rings. The van der Waals surface area contributed by atoms with E-state index in [4.69, 9.17) is 4.74 Å². The number of aryl methyl sites for hydroxylation is 1. The van der Waals surface area contributed by atoms with Crippen LogP contribution >= 0.6 is 0 Å². The largest absolute Gasteiger partial charge is 0.443 e. The van der Waals surface area contributed by atoms with Crippen LogP contribution in [-0.2, 0) is 11.8 Å². The minimum absolute atomic E-state index is 0.402. The second-order valence-corrected chi connectivity index (χ2v) is 4.39. The van der Waals surface area contributed by atoms with Gasteiger partial charge in [0.25, 0.3) is 0 Å². The van der Waals surface area contributed by atoms with Crippen LogP contribution in [-0.4, -0.2) is 28.5 Å². The number of carbonyl (C=O) groups is 1. The zero-order valence-electron chi connectivity index (χ0n) is 9.81. The second kappa shape index (κ2) is 3.92. The first kappa shape index (κ1) is 11.6. The van der Waals surface area contributed by atoms with Crippen molar-refractivity contribution in [3.63, 3.8) is 0 Å². The smallest absolute Gasteiger partial charge is 0.415 e. The number of amides is 1. The van der Waals surface area contributed by atoms with Crippen molar-refractivity contribution < 1.29 is 9.53 Å². The fraction of sp³-hybridized carbons (Fsp3) is 0.600. The molecule has 1 aromatic heterocycles. The van der Waals surface area contributed by atoms with Crippen molar-refractivity contribution in [3.05, 3.63) is 12.3 Å². The van der Waals surface area contributed by atoms with E-state index in [0.717, 1.165) is 0 Å². The highest BCUT2D eigenvalue weighted by molar-refractivity contribution is 5.85. The third-order valence-corrected chi connectivity index (χ3v) is 1.71. The van der Waals surface area contributed by atoms with Crippen LogP contribution in [0.1, 0.15) is 20.8 Å². The van der Waals surface area contributed by atoms with Gasteiger partial charge >= 0.3 is 6.09 Å². The Balaban J connectivity index is 2.69. The van der Waals surface area contributed by atoms with E-state index in [9.17, 15) is 4.79 Å². The molecule has 0 aromatic carbocycles. The Bertz CT molecular complexity index is 352. The molecule has 0 aliphatic heterocycles. The highest BCUT2D eigenvalue weighted by atomic mass is 16.6. The molecular formula is C10H17N3O2. The zero-order chi connectivity index (χ0) is 11.6. The third-order valence-electron chi connectivity index (χ3n) is 1.71. The third kappa shape index (κ3) is 3.27. The Kier molecular flexibility index (Phi) is 3.02. The molecule has 0 spiro atoms. The van der Waals surface area contributed by atoms with E-state index in [1.54, 1.807) is 31.0 Å². The van der Waals surface area contributed by atoms with Crippen molar-refractivity contribution in [2.75, 3.05) is 11.9 Å². The molecule has 0 aliphatic carbocycles. The number of hydrogen-bond donors (Lipinski definition) is 0. The Morgan fingerprint density at radius 3 is 2.53 bits per heavy atom. The summed E-state index contributed by atoms with van der Waals surface area (Å²) in [6, 6.07) is 1.75. The standard InChI is InChI=1S/C10H17N3O2/c1-10(2,3)15-9(14)13(5)8-6-7-12(4)11-8/h6-7H,1-5H3. The summed E-state index contributed by atoms with van der Waals surface area (Å²) < 4.78 is 6.84. The maximum atomic E-state index is 11.6. The second-order valence-electron chi connectivity index (χ2n) is 4.39. The fourth-order valence-electron chi connectivity index (χ4n) is 1.01. The minimum Gasteiger partial charge on any atom is -0.443 e. The maximum Gasteiger partial charge on any atom is 0.415 e. The van der Waals surface area contributed by atoms with E-state index in [1.165, 1.54) is 4.90 Å². The van der Waals surface area contributed by atoms with Gasteiger partial charge in [-0.15, -0.1) is 0 Å². The van der Waals surface area contributed by atoms with Crippen molar-refractivity contribution in [3.8, 4) is 0 Å². The molecule has 0 aliphatic rings. The van der Waals surface area contributed by atoms with Crippen molar-refractivity contribution in [2.45, 2.75) is 26.4 Å². The lowest BCUT2D eigenvalue weighted by Crippen LogP contribution is -2.34. The van der Waals surface area contributed by atoms with Crippen LogP contribution in [0, 0.1) is 0 Å². The predicted molar refractivity (Wildman–Crippen MR) is 57.8 cm³/mol. The van der Waals surface area contributed by atoms with Gasteiger partial charge in [-0.2, -0.15) is 5.10 Å². The predicted octanol–water partition coefficient (Wildman–Crippen LogP) is 1.79. The van der Waals surface area contributed by atoms with Crippen molar-refractivity contribution in [2.24, 2.45) is 7.05 Å². The van der Waals surface area contributed by atoms with Gasteiger partial charge in [0.15, 0.2) is 5.82 Å². The zero-order valence-corrected chi connectivity index (χ0v) is 9.81. The van der Waals surface area contributed by atoms with Gasteiger partial charge in [0.1, 0.15) is 5.60 Å². The Morgan fingerprint density at radius 2 is 2.13 bits per heavy atom. The lowest BCUT2D eigenvalue weighted by Gasteiger charge is -2.23. The normalized spacial score (nSPS) is 11.3. The molecule has 1 rings (SSSR count). The SMILES string of the molecule is CN(C(=O)OC(C)(C)C)c1ccn(C)n1. The number of aromatic nitrogens is 2. The van der Waals surface area contributed by atoms with E-state index < -0.39 is 11.7 Å². The summed E-state index contributed by atoms with van der Waals surface area (Å²) in [5, 5.41) is 4.10. The Morgan fingerprint density at radius 1 is 1.53 bits per heavy atom. The lowest BCUT2D eigenvalue weighted by atomic mass is 10.2. The van der Waals surface area contributed by atoms with Gasteiger partial charge in [0.05, 0.1) is 0 Å². The Hall–Kier alpha value is -1.52. The molecule has 1 amide bonds. The first-order valence-electron chi connectivity index (χ1n) is 4.76. The van der Waals surface area contributed by atoms with E-state index >= 15 is 0 Å². The van der Waals surface area contributed by atoms with Crippen LogP contribution in [0.5, 0.6) is 0 Å². The summed E-state index contributed by atoms with van der Waals surface area (Å²) in [7, 11) is 3.43. The molecule has 0 radical (unpaired) electrons. The average Bonchev–Trinajstić information content (AvgIpc) is 2.47. The van der Waals surface area contributed by atoms with Crippen LogP contribution in [0.15, 0.2) is 12.3 Å². The quantitative estimate of drug-likeness (QED) is 0.711. The molecule has 5 heteroatoms. The Labute approximate surface area is 89.6 Å². The van der Waals surface area contributed by atoms with Gasteiger partial charge in [-0.1, -0.05) is 0 Å². The van der Waals surface area contributed by atoms with Gasteiger partial charge in [0, 0.05) is 26.4 Å². The van der Waals surface area contributed by atoms with Gasteiger partial charge in [-0.05, 0) is 20.8 Å². The molecule has 1 aromatic rings. The fourth-order valence-corrected chi connectivity index (χ4v) is 1.01. The molecule has 0 saturated carbocycles. The van der Waals surface area contributed by atoms with Crippen molar-refractivity contribution in [1.82, 2.24) is 9.78 Å². The summed E-state index contributed by atoms with van der Waals surface area (Å²) >= 11 is 0. The lowest BCUT2D eigenvalue weighted by molar-refractivity contribution is 0.0588. The minimum atomic E-state index is -0.486. The number of rotatable bonds is 1. The molecular weight excluding hydrogens is 194 g/mol. The first-order valence-corrected chi connectivity index (χ1v) is 4.76.